The molecule has 1 aliphatic carbocycles. The summed E-state index contributed by atoms with van der Waals surface area (Å²) in [4.78, 5) is 31.3. The number of hydrogen-bond donors (Lipinski definition) is 3. The highest BCUT2D eigenvalue weighted by Crippen LogP contribution is 2.39. The Labute approximate surface area is 215 Å². The Morgan fingerprint density at radius 2 is 2.00 bits per heavy atom. The van der Waals surface area contributed by atoms with Crippen molar-refractivity contribution in [2.75, 3.05) is 18.4 Å². The van der Waals surface area contributed by atoms with E-state index in [9.17, 15) is 9.59 Å². The van der Waals surface area contributed by atoms with Crippen LogP contribution in [0.15, 0.2) is 24.8 Å². The first-order valence-electron chi connectivity index (χ1n) is 12.3. The molecule has 0 unspecified atom stereocenters. The highest BCUT2D eigenvalue weighted by Gasteiger charge is 2.35. The van der Waals surface area contributed by atoms with Crippen LogP contribution in [0, 0.1) is 6.92 Å². The third kappa shape index (κ3) is 4.48. The molecule has 1 aliphatic heterocycles. The van der Waals surface area contributed by atoms with Gasteiger partial charge in [0.2, 0.25) is 5.91 Å². The smallest absolute Gasteiger partial charge is 0.270 e. The van der Waals surface area contributed by atoms with Gasteiger partial charge in [-0.15, -0.1) is 0 Å². The zero-order chi connectivity index (χ0) is 25.8. The Bertz CT molecular complexity index is 1360. The van der Waals surface area contributed by atoms with Crippen LogP contribution in [0.1, 0.15) is 67.2 Å². The van der Waals surface area contributed by atoms with Gasteiger partial charge in [0.25, 0.3) is 5.91 Å². The summed E-state index contributed by atoms with van der Waals surface area (Å²) in [5, 5.41) is 15.7. The van der Waals surface area contributed by atoms with Crippen molar-refractivity contribution in [2.24, 2.45) is 0 Å². The average molecular weight is 510 g/mol. The Morgan fingerprint density at radius 1 is 1.28 bits per heavy atom. The van der Waals surface area contributed by atoms with Crippen LogP contribution in [0.4, 0.5) is 5.82 Å². The number of aromatic nitrogens is 4. The van der Waals surface area contributed by atoms with Crippen LogP contribution in [-0.4, -0.2) is 55.6 Å². The SMILES string of the molecule is C=CC(=O)N1CC(NC(=O)c2c(C)nc(CNc3n[nH]c4cc(Cl)c(C(C)(C)C)cc34)n2C2CC2)C1. The van der Waals surface area contributed by atoms with Crippen LogP contribution in [0.2, 0.25) is 5.02 Å². The molecule has 0 atom stereocenters. The van der Waals surface area contributed by atoms with Crippen molar-refractivity contribution in [1.29, 1.82) is 0 Å². The summed E-state index contributed by atoms with van der Waals surface area (Å²) in [6.07, 6.45) is 3.34. The van der Waals surface area contributed by atoms with Crippen LogP contribution in [-0.2, 0) is 16.8 Å². The molecule has 3 aromatic rings. The molecular formula is C26H32ClN7O2. The van der Waals surface area contributed by atoms with E-state index in [0.717, 1.165) is 41.0 Å². The van der Waals surface area contributed by atoms with Crippen LogP contribution in [0.5, 0.6) is 0 Å². The zero-order valence-electron chi connectivity index (χ0n) is 21.1. The van der Waals surface area contributed by atoms with E-state index in [1.807, 2.05) is 13.0 Å². The van der Waals surface area contributed by atoms with E-state index in [1.165, 1.54) is 6.08 Å². The molecule has 0 spiro atoms. The van der Waals surface area contributed by atoms with E-state index in [-0.39, 0.29) is 29.3 Å². The minimum atomic E-state index is -0.150. The van der Waals surface area contributed by atoms with E-state index in [4.69, 9.17) is 16.6 Å². The van der Waals surface area contributed by atoms with E-state index >= 15 is 0 Å². The molecule has 36 heavy (non-hydrogen) atoms. The average Bonchev–Trinajstić information content (AvgIpc) is 3.47. The number of halogens is 1. The van der Waals surface area contributed by atoms with Crippen LogP contribution < -0.4 is 10.6 Å². The number of carbonyl (C=O) groups is 2. The zero-order valence-corrected chi connectivity index (χ0v) is 21.9. The summed E-state index contributed by atoms with van der Waals surface area (Å²) < 4.78 is 2.06. The molecule has 9 nitrogen and oxygen atoms in total. The second kappa shape index (κ2) is 8.96. The third-order valence-electron chi connectivity index (χ3n) is 6.86. The van der Waals surface area contributed by atoms with Gasteiger partial charge in [-0.2, -0.15) is 5.10 Å². The summed E-state index contributed by atoms with van der Waals surface area (Å²) in [6, 6.07) is 4.20. The van der Waals surface area contributed by atoms with Gasteiger partial charge in [0, 0.05) is 29.5 Å². The predicted molar refractivity (Wildman–Crippen MR) is 140 cm³/mol. The Hall–Kier alpha value is -3.33. The fourth-order valence-corrected chi connectivity index (χ4v) is 5.22. The van der Waals surface area contributed by atoms with E-state index in [2.05, 4.69) is 58.8 Å². The molecule has 2 fully saturated rings. The number of anilines is 1. The fraction of sp³-hybridized carbons (Fsp3) is 0.462. The number of nitrogens with one attached hydrogen (secondary N) is 3. The Balaban J connectivity index is 1.35. The molecule has 2 amide bonds. The van der Waals surface area contributed by atoms with Crippen LogP contribution in [0.25, 0.3) is 10.9 Å². The summed E-state index contributed by atoms with van der Waals surface area (Å²) in [5.74, 6) is 1.26. The maximum atomic E-state index is 13.2. The minimum Gasteiger partial charge on any atom is -0.361 e. The van der Waals surface area contributed by atoms with Gasteiger partial charge in [-0.1, -0.05) is 39.0 Å². The first-order valence-corrected chi connectivity index (χ1v) is 12.7. The van der Waals surface area contributed by atoms with Crippen molar-refractivity contribution in [2.45, 2.75) is 64.6 Å². The van der Waals surface area contributed by atoms with Gasteiger partial charge < -0.3 is 20.1 Å². The second-order valence-corrected chi connectivity index (χ2v) is 11.1. The monoisotopic (exact) mass is 509 g/mol. The Kier molecular flexibility index (Phi) is 6.06. The number of aryl methyl sites for hydroxylation is 1. The van der Waals surface area contributed by atoms with Crippen molar-refractivity contribution < 1.29 is 9.59 Å². The molecule has 2 aliphatic rings. The number of aromatic amines is 1. The quantitative estimate of drug-likeness (QED) is 0.416. The van der Waals surface area contributed by atoms with Gasteiger partial charge >= 0.3 is 0 Å². The summed E-state index contributed by atoms with van der Waals surface area (Å²) in [6.45, 7) is 13.2. The number of benzene rings is 1. The topological polar surface area (TPSA) is 108 Å². The molecule has 5 rings (SSSR count). The standard InChI is InChI=1S/C26H32ClN7O2/c1-6-22(35)33-12-15(13-33)30-25(36)23-14(2)29-21(34(23)16-7-8-16)11-28-24-17-9-18(26(3,4)5)19(27)10-20(17)31-32-24/h6,9-10,15-16H,1,7-8,11-13H2,2-5H3,(H,30,36)(H2,28,31,32). The van der Waals surface area contributed by atoms with Crippen molar-refractivity contribution in [1.82, 2.24) is 30.0 Å². The number of likely N-dealkylation sites (tertiary alicyclic amines) is 1. The summed E-state index contributed by atoms with van der Waals surface area (Å²) in [5.41, 5.74) is 3.11. The van der Waals surface area contributed by atoms with Crippen molar-refractivity contribution >= 4 is 40.1 Å². The molecule has 3 N–H and O–H groups in total. The normalized spacial score (nSPS) is 16.2. The lowest BCUT2D eigenvalue weighted by Gasteiger charge is -2.38. The lowest BCUT2D eigenvalue weighted by Crippen LogP contribution is -2.60. The molecule has 1 saturated heterocycles. The molecule has 1 saturated carbocycles. The summed E-state index contributed by atoms with van der Waals surface area (Å²) in [7, 11) is 0. The number of imidazole rings is 1. The second-order valence-electron chi connectivity index (χ2n) is 10.7. The van der Waals surface area contributed by atoms with Crippen molar-refractivity contribution in [3.05, 3.63) is 52.6 Å². The van der Waals surface area contributed by atoms with E-state index in [1.54, 1.807) is 4.90 Å². The number of fused-ring (bicyclic) bond motifs is 1. The van der Waals surface area contributed by atoms with Crippen molar-refractivity contribution in [3.63, 3.8) is 0 Å². The van der Waals surface area contributed by atoms with Crippen LogP contribution in [0.3, 0.4) is 0 Å². The highest BCUT2D eigenvalue weighted by molar-refractivity contribution is 6.32. The molecule has 2 aromatic heterocycles. The molecule has 190 valence electrons. The van der Waals surface area contributed by atoms with Gasteiger partial charge in [-0.25, -0.2) is 4.98 Å². The molecule has 1 aromatic carbocycles. The van der Waals surface area contributed by atoms with Gasteiger partial charge in [0.15, 0.2) is 5.82 Å². The number of hydrogen-bond acceptors (Lipinski definition) is 5. The van der Waals surface area contributed by atoms with Crippen molar-refractivity contribution in [3.8, 4) is 0 Å². The predicted octanol–water partition coefficient (Wildman–Crippen LogP) is 4.09. The third-order valence-corrected chi connectivity index (χ3v) is 7.17. The van der Waals surface area contributed by atoms with E-state index in [0.29, 0.717) is 36.0 Å². The number of rotatable bonds is 7. The van der Waals surface area contributed by atoms with E-state index < -0.39 is 0 Å². The highest BCUT2D eigenvalue weighted by atomic mass is 35.5. The molecule has 0 radical (unpaired) electrons. The van der Waals surface area contributed by atoms with Gasteiger partial charge in [0.1, 0.15) is 11.5 Å². The first kappa shape index (κ1) is 24.4. The first-order chi connectivity index (χ1) is 17.1. The van der Waals surface area contributed by atoms with Gasteiger partial charge in [-0.05, 0) is 49.0 Å². The van der Waals surface area contributed by atoms with Gasteiger partial charge in [-0.3, -0.25) is 14.7 Å². The summed E-state index contributed by atoms with van der Waals surface area (Å²) >= 11 is 6.52. The number of nitrogens with zero attached hydrogens (tertiary/aromatic N) is 4. The Morgan fingerprint density at radius 3 is 2.64 bits per heavy atom. The number of carbonyl (C=O) groups excluding carboxylic acids is 2. The molecule has 10 heteroatoms. The maximum Gasteiger partial charge on any atom is 0.270 e. The minimum absolute atomic E-state index is 0.0656. The maximum absolute atomic E-state index is 13.2. The van der Waals surface area contributed by atoms with Gasteiger partial charge in [0.05, 0.1) is 23.8 Å². The molecular weight excluding hydrogens is 478 g/mol. The molecule has 0 bridgehead atoms. The largest absolute Gasteiger partial charge is 0.361 e. The molecule has 3 heterocycles. The van der Waals surface area contributed by atoms with Crippen LogP contribution >= 0.6 is 11.6 Å². The number of H-pyrrole nitrogens is 1. The number of amides is 2. The lowest BCUT2D eigenvalue weighted by molar-refractivity contribution is -0.130. The lowest BCUT2D eigenvalue weighted by atomic mass is 9.86. The fourth-order valence-electron chi connectivity index (χ4n) is 4.77.